The van der Waals surface area contributed by atoms with Crippen molar-refractivity contribution in [3.05, 3.63) is 58.3 Å². The number of H-pyrrole nitrogens is 1. The normalized spacial score (nSPS) is 11.3. The summed E-state index contributed by atoms with van der Waals surface area (Å²) in [6.07, 6.45) is 0. The monoisotopic (exact) mass is 306 g/mol. The second-order valence-corrected chi connectivity index (χ2v) is 5.27. The van der Waals surface area contributed by atoms with Crippen molar-refractivity contribution < 1.29 is 15.0 Å². The molecule has 6 heteroatoms. The zero-order valence-electron chi connectivity index (χ0n) is 11.7. The highest BCUT2D eigenvalue weighted by Crippen LogP contribution is 2.31. The number of carboxylic acids is 1. The van der Waals surface area contributed by atoms with Gasteiger partial charge in [-0.15, -0.1) is 0 Å². The molecular weight excluding hydrogens is 296 g/mol. The Labute approximate surface area is 128 Å². The van der Waals surface area contributed by atoms with Gasteiger partial charge in [0, 0.05) is 16.8 Å². The number of phenols is 1. The van der Waals surface area contributed by atoms with Gasteiger partial charge in [0.25, 0.3) is 0 Å². The number of phenolic OH excluding ortho intramolecular Hbond substituents is 1. The fourth-order valence-corrected chi connectivity index (χ4v) is 2.72. The van der Waals surface area contributed by atoms with Crippen molar-refractivity contribution in [3.8, 4) is 5.75 Å². The molecule has 0 saturated heterocycles. The average molecular weight is 306 g/mol. The molecule has 0 aliphatic carbocycles. The Morgan fingerprint density at radius 2 is 1.83 bits per heavy atom. The lowest BCUT2D eigenvalue weighted by Gasteiger charge is -2.08. The number of aromatic nitrogens is 2. The maximum absolute atomic E-state index is 11.6. The number of carbonyl (C=O) groups is 1. The average Bonchev–Trinajstić information content (AvgIpc) is 2.52. The number of aromatic hydroxyl groups is 1. The van der Waals surface area contributed by atoms with Gasteiger partial charge in [-0.2, -0.15) is 0 Å². The van der Waals surface area contributed by atoms with Crippen LogP contribution < -0.4 is 5.43 Å². The van der Waals surface area contributed by atoms with E-state index in [0.29, 0.717) is 32.8 Å². The molecule has 0 saturated carbocycles. The molecule has 23 heavy (non-hydrogen) atoms. The van der Waals surface area contributed by atoms with Crippen molar-refractivity contribution in [3.63, 3.8) is 0 Å². The summed E-state index contributed by atoms with van der Waals surface area (Å²) in [5.74, 6) is -1.00. The first-order valence-electron chi connectivity index (χ1n) is 6.86. The Bertz CT molecular complexity index is 1180. The molecule has 1 heterocycles. The first-order chi connectivity index (χ1) is 11.0. The van der Waals surface area contributed by atoms with E-state index in [0.717, 1.165) is 0 Å². The summed E-state index contributed by atoms with van der Waals surface area (Å²) in [5.41, 5.74) is 2.15. The Hall–Kier alpha value is -3.41. The van der Waals surface area contributed by atoms with E-state index < -0.39 is 5.97 Å². The molecule has 4 rings (SSSR count). The molecule has 0 fully saturated rings. The second-order valence-electron chi connectivity index (χ2n) is 5.27. The molecule has 0 radical (unpaired) electrons. The van der Waals surface area contributed by atoms with E-state index in [1.54, 1.807) is 12.1 Å². The Morgan fingerprint density at radius 3 is 2.61 bits per heavy atom. The first-order valence-corrected chi connectivity index (χ1v) is 6.86. The number of hydrogen-bond donors (Lipinski definition) is 3. The van der Waals surface area contributed by atoms with Crippen molar-refractivity contribution in [1.82, 2.24) is 9.97 Å². The van der Waals surface area contributed by atoms with Gasteiger partial charge in [0.15, 0.2) is 5.43 Å². The molecule has 1 aromatic heterocycles. The van der Waals surface area contributed by atoms with E-state index in [2.05, 4.69) is 9.97 Å². The SMILES string of the molecule is O=C(O)c1ccc2nc3c(cc(O)c4ccc(=O)cc43)[nH]c2c1. The van der Waals surface area contributed by atoms with Crippen molar-refractivity contribution in [1.29, 1.82) is 0 Å². The second kappa shape index (κ2) is 4.54. The predicted molar refractivity (Wildman–Crippen MR) is 86.0 cm³/mol. The summed E-state index contributed by atoms with van der Waals surface area (Å²) in [4.78, 5) is 30.3. The van der Waals surface area contributed by atoms with Gasteiger partial charge in [0.05, 0.1) is 27.6 Å². The number of benzene rings is 3. The predicted octanol–water partition coefficient (Wildman–Crippen LogP) is 2.63. The van der Waals surface area contributed by atoms with Crippen molar-refractivity contribution >= 4 is 38.8 Å². The third kappa shape index (κ3) is 2.00. The van der Waals surface area contributed by atoms with Crippen LogP contribution in [0.25, 0.3) is 32.8 Å². The molecule has 0 aliphatic rings. The van der Waals surface area contributed by atoms with Crippen LogP contribution in [0.15, 0.2) is 47.3 Å². The van der Waals surface area contributed by atoms with E-state index >= 15 is 0 Å². The molecule has 112 valence electrons. The highest BCUT2D eigenvalue weighted by molar-refractivity contribution is 6.08. The summed E-state index contributed by atoms with van der Waals surface area (Å²) in [6.45, 7) is 0. The van der Waals surface area contributed by atoms with E-state index in [-0.39, 0.29) is 16.7 Å². The molecule has 0 bridgehead atoms. The number of nitrogens with one attached hydrogen (secondary N) is 1. The van der Waals surface area contributed by atoms with Crippen LogP contribution in [0, 0.1) is 0 Å². The maximum Gasteiger partial charge on any atom is 0.335 e. The number of nitrogens with zero attached hydrogens (tertiary/aromatic N) is 1. The minimum Gasteiger partial charge on any atom is -0.507 e. The summed E-state index contributed by atoms with van der Waals surface area (Å²) in [6, 6.07) is 10.4. The number of hydrogen-bond acceptors (Lipinski definition) is 4. The van der Waals surface area contributed by atoms with E-state index in [1.807, 2.05) is 0 Å². The molecule has 4 aromatic rings. The number of rotatable bonds is 1. The van der Waals surface area contributed by atoms with Gasteiger partial charge in [-0.25, -0.2) is 9.78 Å². The molecule has 0 atom stereocenters. The third-order valence-corrected chi connectivity index (χ3v) is 3.80. The number of carboxylic acid groups (broad SMARTS) is 1. The maximum atomic E-state index is 11.6. The first kappa shape index (κ1) is 13.3. The molecule has 3 aromatic carbocycles. The van der Waals surface area contributed by atoms with Gasteiger partial charge in [-0.1, -0.05) is 0 Å². The van der Waals surface area contributed by atoms with Crippen LogP contribution in [-0.2, 0) is 0 Å². The van der Waals surface area contributed by atoms with Crippen molar-refractivity contribution in [2.24, 2.45) is 0 Å². The van der Waals surface area contributed by atoms with E-state index in [4.69, 9.17) is 5.11 Å². The zero-order valence-corrected chi connectivity index (χ0v) is 11.7. The molecule has 0 aliphatic heterocycles. The third-order valence-electron chi connectivity index (χ3n) is 3.80. The van der Waals surface area contributed by atoms with E-state index in [9.17, 15) is 14.7 Å². The van der Waals surface area contributed by atoms with Crippen molar-refractivity contribution in [2.75, 3.05) is 0 Å². The van der Waals surface area contributed by atoms with Gasteiger partial charge in [0.1, 0.15) is 5.75 Å². The fourth-order valence-electron chi connectivity index (χ4n) is 2.72. The van der Waals surface area contributed by atoms with Crippen LogP contribution in [0.1, 0.15) is 10.4 Å². The van der Waals surface area contributed by atoms with Crippen LogP contribution in [0.2, 0.25) is 0 Å². The molecule has 0 spiro atoms. The van der Waals surface area contributed by atoms with Crippen LogP contribution in [0.3, 0.4) is 0 Å². The van der Waals surface area contributed by atoms with Crippen molar-refractivity contribution in [2.45, 2.75) is 0 Å². The summed E-state index contributed by atoms with van der Waals surface area (Å²) < 4.78 is 0. The largest absolute Gasteiger partial charge is 0.507 e. The minimum atomic E-state index is -1.03. The molecule has 0 unspecified atom stereocenters. The Balaban J connectivity index is 2.17. The summed E-state index contributed by atoms with van der Waals surface area (Å²) in [5, 5.41) is 20.3. The zero-order chi connectivity index (χ0) is 16.1. The lowest BCUT2D eigenvalue weighted by molar-refractivity contribution is 0.0697. The lowest BCUT2D eigenvalue weighted by Crippen LogP contribution is -1.98. The number of fused-ring (bicyclic) bond motifs is 4. The summed E-state index contributed by atoms with van der Waals surface area (Å²) in [7, 11) is 0. The van der Waals surface area contributed by atoms with Crippen LogP contribution >= 0.6 is 0 Å². The number of aromatic amines is 1. The van der Waals surface area contributed by atoms with Gasteiger partial charge in [-0.3, -0.25) is 4.79 Å². The summed E-state index contributed by atoms with van der Waals surface area (Å²) >= 11 is 0. The Morgan fingerprint density at radius 1 is 1.00 bits per heavy atom. The fraction of sp³-hybridized carbons (Fsp3) is 0. The van der Waals surface area contributed by atoms with Crippen LogP contribution in [0.5, 0.6) is 5.75 Å². The lowest BCUT2D eigenvalue weighted by atomic mass is 10.1. The molecule has 3 N–H and O–H groups in total. The standard InChI is InChI=1S/C17H10N2O4/c20-9-2-3-10-11(6-9)16-14(7-15(10)21)18-13-5-8(17(22)23)1-4-12(13)19-16/h1-7,18,21H,(H,22,23). The van der Waals surface area contributed by atoms with Gasteiger partial charge in [-0.05, 0) is 36.4 Å². The van der Waals surface area contributed by atoms with Crippen LogP contribution in [-0.4, -0.2) is 26.2 Å². The quantitative estimate of drug-likeness (QED) is 0.370. The van der Waals surface area contributed by atoms with Gasteiger partial charge in [0.2, 0.25) is 0 Å². The van der Waals surface area contributed by atoms with Crippen LogP contribution in [0.4, 0.5) is 0 Å². The molecule has 6 nitrogen and oxygen atoms in total. The number of aromatic carboxylic acids is 1. The van der Waals surface area contributed by atoms with E-state index in [1.165, 1.54) is 30.3 Å². The Kier molecular flexibility index (Phi) is 2.62. The highest BCUT2D eigenvalue weighted by Gasteiger charge is 2.11. The molecule has 0 amide bonds. The smallest absolute Gasteiger partial charge is 0.335 e. The topological polar surface area (TPSA) is 103 Å². The molecular formula is C17H10N2O4. The minimum absolute atomic E-state index is 0.0271. The van der Waals surface area contributed by atoms with Gasteiger partial charge < -0.3 is 15.2 Å². The highest BCUT2D eigenvalue weighted by atomic mass is 16.4. The van der Waals surface area contributed by atoms with Gasteiger partial charge >= 0.3 is 5.97 Å².